The Morgan fingerprint density at radius 2 is 1.81 bits per heavy atom. The molecule has 26 heavy (non-hydrogen) atoms. The van der Waals surface area contributed by atoms with Gasteiger partial charge in [0.25, 0.3) is 0 Å². The van der Waals surface area contributed by atoms with Crippen LogP contribution in [0, 0.1) is 13.8 Å². The molecule has 0 aliphatic carbocycles. The average Bonchev–Trinajstić information content (AvgIpc) is 3.12. The first kappa shape index (κ1) is 18.3. The number of thioether (sulfide) groups is 1. The molecule has 1 atom stereocenters. The molecular weight excluding hydrogens is 344 g/mol. The van der Waals surface area contributed by atoms with Crippen LogP contribution in [0.1, 0.15) is 23.7 Å². The quantitative estimate of drug-likeness (QED) is 0.650. The van der Waals surface area contributed by atoms with Gasteiger partial charge in [-0.15, -0.1) is 11.8 Å². The van der Waals surface area contributed by atoms with Crippen molar-refractivity contribution in [3.05, 3.63) is 71.6 Å². The summed E-state index contributed by atoms with van der Waals surface area (Å²) in [5.74, 6) is 1.23. The standard InChI is InChI=1S/C21H22N2O2S/c1-14-8-7-9-15(2)19(14)23-20(24)16(3)26-13-18-12-25-21(22-18)17-10-5-4-6-11-17/h4-12,16H,13H2,1-3H3,(H,23,24). The van der Waals surface area contributed by atoms with E-state index in [4.69, 9.17) is 4.42 Å². The SMILES string of the molecule is Cc1cccc(C)c1NC(=O)C(C)SCc1coc(-c2ccccc2)n1. The number of aryl methyl sites for hydroxylation is 2. The van der Waals surface area contributed by atoms with E-state index in [1.807, 2.05) is 69.3 Å². The fourth-order valence-electron chi connectivity index (χ4n) is 2.61. The summed E-state index contributed by atoms with van der Waals surface area (Å²) in [5.41, 5.74) is 4.82. The lowest BCUT2D eigenvalue weighted by Crippen LogP contribution is -2.23. The molecule has 0 spiro atoms. The average molecular weight is 366 g/mol. The Hall–Kier alpha value is -2.53. The highest BCUT2D eigenvalue weighted by Crippen LogP contribution is 2.24. The van der Waals surface area contributed by atoms with Crippen molar-refractivity contribution in [3.8, 4) is 11.5 Å². The number of carbonyl (C=O) groups is 1. The first-order valence-corrected chi connectivity index (χ1v) is 9.58. The number of nitrogens with zero attached hydrogens (tertiary/aromatic N) is 1. The third-order valence-electron chi connectivity index (χ3n) is 4.15. The van der Waals surface area contributed by atoms with E-state index in [1.54, 1.807) is 18.0 Å². The Balaban J connectivity index is 1.58. The van der Waals surface area contributed by atoms with Crippen molar-refractivity contribution in [2.24, 2.45) is 0 Å². The minimum absolute atomic E-state index is 0.000761. The second kappa shape index (κ2) is 8.23. The van der Waals surface area contributed by atoms with Gasteiger partial charge in [-0.1, -0.05) is 36.4 Å². The Morgan fingerprint density at radius 3 is 2.50 bits per heavy atom. The van der Waals surface area contributed by atoms with Gasteiger partial charge in [-0.05, 0) is 44.0 Å². The third-order valence-corrected chi connectivity index (χ3v) is 5.33. The molecule has 0 aliphatic heterocycles. The summed E-state index contributed by atoms with van der Waals surface area (Å²) in [6, 6.07) is 15.8. The number of benzene rings is 2. The van der Waals surface area contributed by atoms with E-state index in [2.05, 4.69) is 10.3 Å². The number of hydrogen-bond donors (Lipinski definition) is 1. The maximum Gasteiger partial charge on any atom is 0.237 e. The van der Waals surface area contributed by atoms with Gasteiger partial charge in [0.1, 0.15) is 6.26 Å². The predicted octanol–water partition coefficient (Wildman–Crippen LogP) is 5.22. The highest BCUT2D eigenvalue weighted by atomic mass is 32.2. The fraction of sp³-hybridized carbons (Fsp3) is 0.238. The van der Waals surface area contributed by atoms with Gasteiger partial charge >= 0.3 is 0 Å². The van der Waals surface area contributed by atoms with E-state index in [1.165, 1.54) is 0 Å². The number of aromatic nitrogens is 1. The molecule has 1 amide bonds. The number of anilines is 1. The second-order valence-corrected chi connectivity index (χ2v) is 7.55. The van der Waals surface area contributed by atoms with Gasteiger partial charge in [-0.2, -0.15) is 0 Å². The monoisotopic (exact) mass is 366 g/mol. The predicted molar refractivity (Wildman–Crippen MR) is 107 cm³/mol. The summed E-state index contributed by atoms with van der Waals surface area (Å²) < 4.78 is 5.55. The fourth-order valence-corrected chi connectivity index (χ4v) is 3.37. The van der Waals surface area contributed by atoms with E-state index in [9.17, 15) is 4.79 Å². The maximum atomic E-state index is 12.5. The number of amides is 1. The lowest BCUT2D eigenvalue weighted by atomic mass is 10.1. The Morgan fingerprint density at radius 1 is 1.12 bits per heavy atom. The molecule has 3 rings (SSSR count). The van der Waals surface area contributed by atoms with Crippen molar-refractivity contribution >= 4 is 23.4 Å². The zero-order valence-electron chi connectivity index (χ0n) is 15.2. The van der Waals surface area contributed by atoms with Crippen LogP contribution in [-0.4, -0.2) is 16.1 Å². The summed E-state index contributed by atoms with van der Waals surface area (Å²) in [6.07, 6.45) is 1.66. The molecule has 1 heterocycles. The van der Waals surface area contributed by atoms with Crippen LogP contribution < -0.4 is 5.32 Å². The Kier molecular flexibility index (Phi) is 5.78. The van der Waals surface area contributed by atoms with Crippen LogP contribution in [-0.2, 0) is 10.5 Å². The smallest absolute Gasteiger partial charge is 0.237 e. The van der Waals surface area contributed by atoms with Crippen molar-refractivity contribution in [3.63, 3.8) is 0 Å². The molecule has 134 valence electrons. The molecule has 0 saturated carbocycles. The van der Waals surface area contributed by atoms with Gasteiger partial charge in [0.15, 0.2) is 0 Å². The van der Waals surface area contributed by atoms with Gasteiger partial charge in [0, 0.05) is 17.0 Å². The number of oxazole rings is 1. The normalized spacial score (nSPS) is 12.0. The van der Waals surface area contributed by atoms with Crippen LogP contribution in [0.15, 0.2) is 59.2 Å². The second-order valence-electron chi connectivity index (χ2n) is 6.22. The summed E-state index contributed by atoms with van der Waals surface area (Å²) >= 11 is 1.54. The maximum absolute atomic E-state index is 12.5. The molecule has 0 radical (unpaired) electrons. The molecule has 1 aromatic heterocycles. The molecule has 1 N–H and O–H groups in total. The molecule has 3 aromatic rings. The molecule has 0 fully saturated rings. The molecule has 0 bridgehead atoms. The lowest BCUT2D eigenvalue weighted by Gasteiger charge is -2.15. The number of para-hydroxylation sites is 1. The van der Waals surface area contributed by atoms with Crippen LogP contribution in [0.3, 0.4) is 0 Å². The van der Waals surface area contributed by atoms with Crippen LogP contribution >= 0.6 is 11.8 Å². The largest absolute Gasteiger partial charge is 0.444 e. The van der Waals surface area contributed by atoms with Crippen LogP contribution in [0.5, 0.6) is 0 Å². The van der Waals surface area contributed by atoms with Gasteiger partial charge in [-0.25, -0.2) is 4.98 Å². The van der Waals surface area contributed by atoms with E-state index >= 15 is 0 Å². The molecule has 2 aromatic carbocycles. The van der Waals surface area contributed by atoms with Gasteiger partial charge < -0.3 is 9.73 Å². The molecular formula is C21H22N2O2S. The lowest BCUT2D eigenvalue weighted by molar-refractivity contribution is -0.115. The zero-order valence-corrected chi connectivity index (χ0v) is 16.0. The molecule has 5 heteroatoms. The minimum Gasteiger partial charge on any atom is -0.444 e. The zero-order chi connectivity index (χ0) is 18.5. The topological polar surface area (TPSA) is 55.1 Å². The minimum atomic E-state index is -0.189. The molecule has 1 unspecified atom stereocenters. The molecule has 0 aliphatic rings. The summed E-state index contributed by atoms with van der Waals surface area (Å²) in [6.45, 7) is 5.91. The van der Waals surface area contributed by atoms with Crippen molar-refractivity contribution in [1.29, 1.82) is 0 Å². The van der Waals surface area contributed by atoms with Gasteiger partial charge in [0.2, 0.25) is 11.8 Å². The van der Waals surface area contributed by atoms with Gasteiger partial charge in [0.05, 0.1) is 10.9 Å². The summed E-state index contributed by atoms with van der Waals surface area (Å²) in [5, 5.41) is 2.85. The highest BCUT2D eigenvalue weighted by Gasteiger charge is 2.16. The molecule has 0 saturated heterocycles. The Bertz CT molecular complexity index is 870. The number of carbonyl (C=O) groups excluding carboxylic acids is 1. The van der Waals surface area contributed by atoms with E-state index < -0.39 is 0 Å². The van der Waals surface area contributed by atoms with Crippen LogP contribution in [0.2, 0.25) is 0 Å². The number of hydrogen-bond acceptors (Lipinski definition) is 4. The number of rotatable bonds is 6. The van der Waals surface area contributed by atoms with E-state index in [0.717, 1.165) is 28.1 Å². The van der Waals surface area contributed by atoms with Gasteiger partial charge in [-0.3, -0.25) is 4.79 Å². The van der Waals surface area contributed by atoms with Crippen molar-refractivity contribution < 1.29 is 9.21 Å². The van der Waals surface area contributed by atoms with Crippen molar-refractivity contribution in [2.45, 2.75) is 31.8 Å². The van der Waals surface area contributed by atoms with E-state index in [0.29, 0.717) is 11.6 Å². The van der Waals surface area contributed by atoms with Crippen LogP contribution in [0.25, 0.3) is 11.5 Å². The highest BCUT2D eigenvalue weighted by molar-refractivity contribution is 7.99. The first-order valence-electron chi connectivity index (χ1n) is 8.53. The number of nitrogens with one attached hydrogen (secondary N) is 1. The van der Waals surface area contributed by atoms with Crippen molar-refractivity contribution in [2.75, 3.05) is 5.32 Å². The van der Waals surface area contributed by atoms with Crippen molar-refractivity contribution in [1.82, 2.24) is 4.98 Å². The Labute approximate surface area is 158 Å². The third kappa shape index (κ3) is 4.35. The summed E-state index contributed by atoms with van der Waals surface area (Å²) in [4.78, 5) is 17.0. The first-order chi connectivity index (χ1) is 12.5. The summed E-state index contributed by atoms with van der Waals surface area (Å²) in [7, 11) is 0. The van der Waals surface area contributed by atoms with Crippen LogP contribution in [0.4, 0.5) is 5.69 Å². The van der Waals surface area contributed by atoms with E-state index in [-0.39, 0.29) is 11.2 Å². The molecule has 4 nitrogen and oxygen atoms in total.